The summed E-state index contributed by atoms with van der Waals surface area (Å²) < 4.78 is 0. The standard InChI is InChI=1S/C16H31Br/c1-2-3-4-5-6-7-8-9-10-11-12-16(17)15-13-14-15/h15-16H,2-14H2,1H3. The average molecular weight is 303 g/mol. The van der Waals surface area contributed by atoms with Crippen molar-refractivity contribution in [2.45, 2.75) is 95.2 Å². The van der Waals surface area contributed by atoms with Crippen molar-refractivity contribution in [3.8, 4) is 0 Å². The summed E-state index contributed by atoms with van der Waals surface area (Å²) in [5, 5.41) is 0. The second kappa shape index (κ2) is 10.4. The summed E-state index contributed by atoms with van der Waals surface area (Å²) in [5.74, 6) is 1.04. The molecule has 0 aliphatic heterocycles. The van der Waals surface area contributed by atoms with Gasteiger partial charge in [-0.3, -0.25) is 0 Å². The van der Waals surface area contributed by atoms with Crippen molar-refractivity contribution in [2.75, 3.05) is 0 Å². The largest absolute Gasteiger partial charge is 0.0888 e. The zero-order valence-corrected chi connectivity index (χ0v) is 13.3. The van der Waals surface area contributed by atoms with Crippen LogP contribution < -0.4 is 0 Å². The van der Waals surface area contributed by atoms with Crippen LogP contribution in [0.5, 0.6) is 0 Å². The van der Waals surface area contributed by atoms with E-state index in [0.717, 1.165) is 10.7 Å². The van der Waals surface area contributed by atoms with E-state index < -0.39 is 0 Å². The normalized spacial score (nSPS) is 17.3. The predicted molar refractivity (Wildman–Crippen MR) is 81.9 cm³/mol. The molecule has 0 nitrogen and oxygen atoms in total. The van der Waals surface area contributed by atoms with Crippen LogP contribution in [0.4, 0.5) is 0 Å². The van der Waals surface area contributed by atoms with Gasteiger partial charge in [-0.25, -0.2) is 0 Å². The first-order valence-corrected chi connectivity index (χ1v) is 8.90. The molecule has 1 unspecified atom stereocenters. The second-order valence-corrected chi connectivity index (χ2v) is 7.00. The number of hydrogen-bond acceptors (Lipinski definition) is 0. The van der Waals surface area contributed by atoms with Gasteiger partial charge in [0.1, 0.15) is 0 Å². The van der Waals surface area contributed by atoms with Crippen LogP contribution in [0.25, 0.3) is 0 Å². The summed E-state index contributed by atoms with van der Waals surface area (Å²) in [6.07, 6.45) is 18.9. The monoisotopic (exact) mass is 302 g/mol. The van der Waals surface area contributed by atoms with E-state index in [1.165, 1.54) is 83.5 Å². The summed E-state index contributed by atoms with van der Waals surface area (Å²) in [5.41, 5.74) is 0. The van der Waals surface area contributed by atoms with Gasteiger partial charge in [0, 0.05) is 4.83 Å². The smallest absolute Gasteiger partial charge is 0.0174 e. The van der Waals surface area contributed by atoms with Crippen LogP contribution >= 0.6 is 15.9 Å². The highest BCUT2D eigenvalue weighted by Gasteiger charge is 2.28. The Morgan fingerprint density at radius 2 is 1.29 bits per heavy atom. The lowest BCUT2D eigenvalue weighted by molar-refractivity contribution is 0.541. The second-order valence-electron chi connectivity index (χ2n) is 5.82. The average Bonchev–Trinajstić information content (AvgIpc) is 3.15. The molecule has 1 fully saturated rings. The van der Waals surface area contributed by atoms with E-state index in [1.54, 1.807) is 0 Å². The Labute approximate surface area is 117 Å². The molecule has 0 aromatic carbocycles. The molecule has 0 aromatic heterocycles. The van der Waals surface area contributed by atoms with E-state index in [-0.39, 0.29) is 0 Å². The molecule has 0 saturated heterocycles. The number of halogens is 1. The van der Waals surface area contributed by atoms with Gasteiger partial charge in [-0.05, 0) is 25.2 Å². The Balaban J connectivity index is 1.69. The minimum Gasteiger partial charge on any atom is -0.0888 e. The van der Waals surface area contributed by atoms with Crippen LogP contribution in [0.1, 0.15) is 90.4 Å². The Kier molecular flexibility index (Phi) is 9.51. The highest BCUT2D eigenvalue weighted by atomic mass is 79.9. The van der Waals surface area contributed by atoms with Gasteiger partial charge in [-0.15, -0.1) is 0 Å². The highest BCUT2D eigenvalue weighted by Crippen LogP contribution is 2.38. The molecule has 0 bridgehead atoms. The van der Waals surface area contributed by atoms with Crippen molar-refractivity contribution < 1.29 is 0 Å². The van der Waals surface area contributed by atoms with Crippen LogP contribution in [0.2, 0.25) is 0 Å². The maximum Gasteiger partial charge on any atom is 0.0174 e. The fourth-order valence-corrected chi connectivity index (χ4v) is 3.37. The van der Waals surface area contributed by atoms with Gasteiger partial charge in [0.2, 0.25) is 0 Å². The van der Waals surface area contributed by atoms with Crippen LogP contribution in [0.15, 0.2) is 0 Å². The quantitative estimate of drug-likeness (QED) is 0.286. The number of unbranched alkanes of at least 4 members (excludes halogenated alkanes) is 9. The molecule has 0 N–H and O–H groups in total. The molecule has 0 radical (unpaired) electrons. The minimum atomic E-state index is 0.844. The first-order valence-electron chi connectivity index (χ1n) is 7.98. The van der Waals surface area contributed by atoms with Crippen molar-refractivity contribution in [3.63, 3.8) is 0 Å². The predicted octanol–water partition coefficient (Wildman–Crippen LogP) is 6.47. The molecule has 1 rings (SSSR count). The van der Waals surface area contributed by atoms with Gasteiger partial charge >= 0.3 is 0 Å². The molecule has 1 aliphatic rings. The van der Waals surface area contributed by atoms with E-state index in [0.29, 0.717) is 0 Å². The Morgan fingerprint density at radius 1 is 0.824 bits per heavy atom. The lowest BCUT2D eigenvalue weighted by atomic mass is 10.0. The fourth-order valence-electron chi connectivity index (χ4n) is 2.52. The van der Waals surface area contributed by atoms with E-state index in [9.17, 15) is 0 Å². The van der Waals surface area contributed by atoms with E-state index in [1.807, 2.05) is 0 Å². The first-order chi connectivity index (χ1) is 8.34. The number of alkyl halides is 1. The van der Waals surface area contributed by atoms with Gasteiger partial charge in [0.25, 0.3) is 0 Å². The highest BCUT2D eigenvalue weighted by molar-refractivity contribution is 9.09. The Bertz CT molecular complexity index is 163. The molecule has 17 heavy (non-hydrogen) atoms. The number of hydrogen-bond donors (Lipinski definition) is 0. The zero-order valence-electron chi connectivity index (χ0n) is 11.7. The third kappa shape index (κ3) is 9.11. The van der Waals surface area contributed by atoms with Crippen molar-refractivity contribution >= 4 is 15.9 Å². The number of rotatable bonds is 12. The minimum absolute atomic E-state index is 0.844. The maximum absolute atomic E-state index is 3.82. The van der Waals surface area contributed by atoms with Gasteiger partial charge in [-0.1, -0.05) is 87.1 Å². The third-order valence-electron chi connectivity index (χ3n) is 3.97. The van der Waals surface area contributed by atoms with Gasteiger partial charge in [0.15, 0.2) is 0 Å². The van der Waals surface area contributed by atoms with Crippen molar-refractivity contribution in [3.05, 3.63) is 0 Å². The summed E-state index contributed by atoms with van der Waals surface area (Å²) in [6, 6.07) is 0. The van der Waals surface area contributed by atoms with E-state index in [2.05, 4.69) is 22.9 Å². The van der Waals surface area contributed by atoms with Crippen LogP contribution in [-0.4, -0.2) is 4.83 Å². The molecule has 1 heteroatoms. The van der Waals surface area contributed by atoms with Crippen LogP contribution in [-0.2, 0) is 0 Å². The molecule has 1 aliphatic carbocycles. The first kappa shape index (κ1) is 15.5. The van der Waals surface area contributed by atoms with Crippen LogP contribution in [0.3, 0.4) is 0 Å². The summed E-state index contributed by atoms with van der Waals surface area (Å²) in [7, 11) is 0. The molecule has 1 atom stereocenters. The lowest BCUT2D eigenvalue weighted by Crippen LogP contribution is -1.99. The molecular formula is C16H31Br. The molecule has 102 valence electrons. The molecule has 0 spiro atoms. The SMILES string of the molecule is CCCCCCCCCCCCC(Br)C1CC1. The lowest BCUT2D eigenvalue weighted by Gasteiger charge is -2.07. The topological polar surface area (TPSA) is 0 Å². The Morgan fingerprint density at radius 3 is 1.76 bits per heavy atom. The Hall–Kier alpha value is 0.480. The van der Waals surface area contributed by atoms with Gasteiger partial charge in [-0.2, -0.15) is 0 Å². The molecule has 0 aromatic rings. The van der Waals surface area contributed by atoms with Crippen LogP contribution in [0, 0.1) is 5.92 Å². The fraction of sp³-hybridized carbons (Fsp3) is 1.00. The van der Waals surface area contributed by atoms with Crippen molar-refractivity contribution in [1.29, 1.82) is 0 Å². The third-order valence-corrected chi connectivity index (χ3v) is 5.17. The molecular weight excluding hydrogens is 272 g/mol. The maximum atomic E-state index is 3.82. The van der Waals surface area contributed by atoms with E-state index >= 15 is 0 Å². The van der Waals surface area contributed by atoms with E-state index in [4.69, 9.17) is 0 Å². The molecule has 1 saturated carbocycles. The summed E-state index contributed by atoms with van der Waals surface area (Å²) >= 11 is 3.82. The van der Waals surface area contributed by atoms with Gasteiger partial charge in [0.05, 0.1) is 0 Å². The summed E-state index contributed by atoms with van der Waals surface area (Å²) in [6.45, 7) is 2.29. The van der Waals surface area contributed by atoms with Crippen molar-refractivity contribution in [2.24, 2.45) is 5.92 Å². The molecule has 0 amide bonds. The van der Waals surface area contributed by atoms with Crippen molar-refractivity contribution in [1.82, 2.24) is 0 Å². The van der Waals surface area contributed by atoms with Gasteiger partial charge < -0.3 is 0 Å². The molecule has 0 heterocycles. The summed E-state index contributed by atoms with van der Waals surface area (Å²) in [4.78, 5) is 0.844. The zero-order chi connectivity index (χ0) is 12.3.